The topological polar surface area (TPSA) is 54.5 Å². The summed E-state index contributed by atoms with van der Waals surface area (Å²) in [5.41, 5.74) is 1.22. The van der Waals surface area contributed by atoms with Crippen LogP contribution in [-0.4, -0.2) is 19.9 Å². The van der Waals surface area contributed by atoms with Gasteiger partial charge in [-0.1, -0.05) is 11.6 Å². The van der Waals surface area contributed by atoms with Crippen LogP contribution in [0.15, 0.2) is 11.1 Å². The SMILES string of the molecule is Clc1ncnc2nc(Br)[nH]c12. The minimum atomic E-state index is 0.383. The van der Waals surface area contributed by atoms with Crippen molar-refractivity contribution in [1.82, 2.24) is 19.9 Å². The molecule has 2 aromatic heterocycles. The predicted molar refractivity (Wildman–Crippen MR) is 44.4 cm³/mol. The van der Waals surface area contributed by atoms with E-state index in [0.717, 1.165) is 0 Å². The minimum Gasteiger partial charge on any atom is -0.329 e. The molecule has 0 unspecified atom stereocenters. The van der Waals surface area contributed by atoms with Gasteiger partial charge in [0.25, 0.3) is 0 Å². The van der Waals surface area contributed by atoms with Gasteiger partial charge in [0.2, 0.25) is 0 Å². The monoisotopic (exact) mass is 232 g/mol. The number of hydrogen-bond donors (Lipinski definition) is 1. The number of hydrogen-bond acceptors (Lipinski definition) is 3. The summed E-state index contributed by atoms with van der Waals surface area (Å²) < 4.78 is 0.606. The van der Waals surface area contributed by atoms with Gasteiger partial charge in [-0.15, -0.1) is 0 Å². The molecule has 0 spiro atoms. The van der Waals surface area contributed by atoms with Gasteiger partial charge in [0.1, 0.15) is 11.8 Å². The lowest BCUT2D eigenvalue weighted by molar-refractivity contribution is 1.20. The molecule has 0 radical (unpaired) electrons. The summed E-state index contributed by atoms with van der Waals surface area (Å²) in [6.07, 6.45) is 1.37. The largest absolute Gasteiger partial charge is 0.329 e. The summed E-state index contributed by atoms with van der Waals surface area (Å²) in [6.45, 7) is 0. The Morgan fingerprint density at radius 2 is 2.27 bits per heavy atom. The fourth-order valence-electron chi connectivity index (χ4n) is 0.772. The predicted octanol–water partition coefficient (Wildman–Crippen LogP) is 1.77. The fraction of sp³-hybridized carbons (Fsp3) is 0. The maximum atomic E-state index is 5.73. The van der Waals surface area contributed by atoms with Crippen molar-refractivity contribution in [1.29, 1.82) is 0 Å². The molecule has 4 nitrogen and oxygen atoms in total. The fourth-order valence-corrected chi connectivity index (χ4v) is 1.31. The molecule has 11 heavy (non-hydrogen) atoms. The standard InChI is InChI=1S/C5H2BrClN4/c6-5-10-2-3(7)8-1-9-4(2)11-5/h1H,(H,8,9,10,11). The lowest BCUT2D eigenvalue weighted by Gasteiger charge is -1.86. The lowest BCUT2D eigenvalue weighted by Crippen LogP contribution is -1.80. The molecule has 0 aliphatic rings. The van der Waals surface area contributed by atoms with E-state index >= 15 is 0 Å². The van der Waals surface area contributed by atoms with Gasteiger partial charge in [-0.3, -0.25) is 0 Å². The first kappa shape index (κ1) is 7.00. The third-order valence-corrected chi connectivity index (χ3v) is 1.88. The Bertz CT molecular complexity index is 398. The van der Waals surface area contributed by atoms with Gasteiger partial charge in [0, 0.05) is 0 Å². The summed E-state index contributed by atoms with van der Waals surface area (Å²) in [5.74, 6) is 0. The molecule has 2 heterocycles. The molecule has 56 valence electrons. The third-order valence-electron chi connectivity index (χ3n) is 1.21. The maximum absolute atomic E-state index is 5.73. The molecule has 0 fully saturated rings. The third kappa shape index (κ3) is 1.10. The normalized spacial score (nSPS) is 10.7. The van der Waals surface area contributed by atoms with E-state index in [0.29, 0.717) is 21.1 Å². The Labute approximate surface area is 75.2 Å². The highest BCUT2D eigenvalue weighted by molar-refractivity contribution is 9.10. The number of nitrogens with one attached hydrogen (secondary N) is 1. The van der Waals surface area contributed by atoms with Gasteiger partial charge in [-0.25, -0.2) is 15.0 Å². The van der Waals surface area contributed by atoms with Gasteiger partial charge in [-0.05, 0) is 15.9 Å². The van der Waals surface area contributed by atoms with Crippen molar-refractivity contribution in [3.05, 3.63) is 16.2 Å². The van der Waals surface area contributed by atoms with Crippen molar-refractivity contribution < 1.29 is 0 Å². The van der Waals surface area contributed by atoms with Crippen molar-refractivity contribution in [3.63, 3.8) is 0 Å². The number of halogens is 2. The zero-order chi connectivity index (χ0) is 7.84. The molecule has 0 bridgehead atoms. The Kier molecular flexibility index (Phi) is 1.54. The van der Waals surface area contributed by atoms with Crippen LogP contribution in [0.2, 0.25) is 5.15 Å². The minimum absolute atomic E-state index is 0.383. The van der Waals surface area contributed by atoms with Gasteiger partial charge >= 0.3 is 0 Å². The number of imidazole rings is 1. The Morgan fingerprint density at radius 3 is 3.00 bits per heavy atom. The van der Waals surface area contributed by atoms with Crippen molar-refractivity contribution in [2.24, 2.45) is 0 Å². The summed E-state index contributed by atoms with van der Waals surface area (Å²) in [4.78, 5) is 14.6. The Morgan fingerprint density at radius 1 is 1.45 bits per heavy atom. The van der Waals surface area contributed by atoms with Crippen LogP contribution in [0.4, 0.5) is 0 Å². The summed E-state index contributed by atoms with van der Waals surface area (Å²) in [7, 11) is 0. The van der Waals surface area contributed by atoms with Gasteiger partial charge in [-0.2, -0.15) is 0 Å². The molecule has 0 saturated heterocycles. The van der Waals surface area contributed by atoms with Crippen LogP contribution in [0, 0.1) is 0 Å². The van der Waals surface area contributed by atoms with Crippen LogP contribution >= 0.6 is 27.5 Å². The summed E-state index contributed by atoms with van der Waals surface area (Å²) in [5, 5.41) is 0.383. The second-order valence-corrected chi connectivity index (χ2v) is 3.00. The Hall–Kier alpha value is -0.680. The average Bonchev–Trinajstić information content (AvgIpc) is 2.31. The molecule has 0 aliphatic carbocycles. The number of aromatic nitrogens is 4. The van der Waals surface area contributed by atoms with Crippen molar-refractivity contribution in [2.45, 2.75) is 0 Å². The molecule has 0 aliphatic heterocycles. The van der Waals surface area contributed by atoms with E-state index in [2.05, 4.69) is 35.9 Å². The number of rotatable bonds is 0. The van der Waals surface area contributed by atoms with Crippen molar-refractivity contribution in [3.8, 4) is 0 Å². The number of aromatic amines is 1. The van der Waals surface area contributed by atoms with E-state index in [-0.39, 0.29) is 0 Å². The zero-order valence-electron chi connectivity index (χ0n) is 5.17. The summed E-state index contributed by atoms with van der Waals surface area (Å²) >= 11 is 8.89. The molecule has 6 heteroatoms. The average molecular weight is 233 g/mol. The molecule has 2 rings (SSSR count). The van der Waals surface area contributed by atoms with Crippen LogP contribution in [0.1, 0.15) is 0 Å². The van der Waals surface area contributed by atoms with E-state index in [1.54, 1.807) is 0 Å². The highest BCUT2D eigenvalue weighted by Gasteiger charge is 2.04. The lowest BCUT2D eigenvalue weighted by atomic mass is 10.6. The number of nitrogens with zero attached hydrogens (tertiary/aromatic N) is 3. The van der Waals surface area contributed by atoms with E-state index in [1.807, 2.05) is 0 Å². The van der Waals surface area contributed by atoms with Crippen LogP contribution in [-0.2, 0) is 0 Å². The Balaban J connectivity index is 2.90. The molecular formula is C5H2BrClN4. The molecule has 2 aromatic rings. The highest BCUT2D eigenvalue weighted by atomic mass is 79.9. The van der Waals surface area contributed by atoms with E-state index in [9.17, 15) is 0 Å². The first-order valence-corrected chi connectivity index (χ1v) is 3.96. The second-order valence-electron chi connectivity index (χ2n) is 1.89. The summed E-state index contributed by atoms with van der Waals surface area (Å²) in [6, 6.07) is 0. The molecule has 0 aromatic carbocycles. The van der Waals surface area contributed by atoms with Crippen LogP contribution < -0.4 is 0 Å². The van der Waals surface area contributed by atoms with Gasteiger partial charge in [0.05, 0.1) is 0 Å². The molecule has 0 saturated carbocycles. The zero-order valence-corrected chi connectivity index (χ0v) is 7.52. The van der Waals surface area contributed by atoms with Crippen molar-refractivity contribution in [2.75, 3.05) is 0 Å². The van der Waals surface area contributed by atoms with Crippen LogP contribution in [0.25, 0.3) is 11.2 Å². The molecule has 1 N–H and O–H groups in total. The smallest absolute Gasteiger partial charge is 0.183 e. The first-order valence-electron chi connectivity index (χ1n) is 2.79. The molecular weight excluding hydrogens is 231 g/mol. The van der Waals surface area contributed by atoms with Crippen LogP contribution in [0.3, 0.4) is 0 Å². The van der Waals surface area contributed by atoms with Crippen molar-refractivity contribution >= 4 is 38.7 Å². The van der Waals surface area contributed by atoms with E-state index < -0.39 is 0 Å². The van der Waals surface area contributed by atoms with Gasteiger partial charge < -0.3 is 4.98 Å². The van der Waals surface area contributed by atoms with E-state index in [1.165, 1.54) is 6.33 Å². The maximum Gasteiger partial charge on any atom is 0.183 e. The first-order chi connectivity index (χ1) is 5.27. The van der Waals surface area contributed by atoms with Gasteiger partial charge in [0.15, 0.2) is 15.5 Å². The molecule has 0 amide bonds. The quantitative estimate of drug-likeness (QED) is 0.557. The second kappa shape index (κ2) is 2.42. The van der Waals surface area contributed by atoms with Crippen LogP contribution in [0.5, 0.6) is 0 Å². The number of fused-ring (bicyclic) bond motifs is 1. The highest BCUT2D eigenvalue weighted by Crippen LogP contribution is 2.18. The number of H-pyrrole nitrogens is 1. The van der Waals surface area contributed by atoms with E-state index in [4.69, 9.17) is 11.6 Å². The molecule has 0 atom stereocenters.